The summed E-state index contributed by atoms with van der Waals surface area (Å²) in [6.07, 6.45) is 0. The van der Waals surface area contributed by atoms with Crippen molar-refractivity contribution in [2.24, 2.45) is 0 Å². The summed E-state index contributed by atoms with van der Waals surface area (Å²) in [4.78, 5) is 4.41. The average molecular weight is 362 g/mol. The molecular formula is C11H10Br2N2S. The lowest BCUT2D eigenvalue weighted by molar-refractivity contribution is 1.07. The second kappa shape index (κ2) is 5.29. The zero-order valence-corrected chi connectivity index (χ0v) is 12.6. The summed E-state index contributed by atoms with van der Waals surface area (Å²) >= 11 is 8.64. The Hall–Kier alpha value is -0.390. The predicted molar refractivity (Wildman–Crippen MR) is 76.0 cm³/mol. The van der Waals surface area contributed by atoms with Gasteiger partial charge in [-0.05, 0) is 41.1 Å². The van der Waals surface area contributed by atoms with E-state index in [0.717, 1.165) is 31.9 Å². The second-order valence-corrected chi connectivity index (χ2v) is 6.07. The fraction of sp³-hybridized carbons (Fsp3) is 0.182. The Balaban J connectivity index is 2.07. The number of nitrogens with one attached hydrogen (secondary N) is 1. The lowest BCUT2D eigenvalue weighted by Crippen LogP contribution is -1.99. The molecule has 2 rings (SSSR count). The zero-order chi connectivity index (χ0) is 11.5. The van der Waals surface area contributed by atoms with Crippen molar-refractivity contribution < 1.29 is 0 Å². The lowest BCUT2D eigenvalue weighted by atomic mass is 10.3. The molecule has 1 N–H and O–H groups in total. The SMILES string of the molecule is Cc1csc(CNc2cc(Br)ccc2Br)n1. The molecule has 1 aromatic heterocycles. The van der Waals surface area contributed by atoms with Crippen LogP contribution in [0.25, 0.3) is 0 Å². The Labute approximate surface area is 115 Å². The summed E-state index contributed by atoms with van der Waals surface area (Å²) in [6, 6.07) is 6.06. The van der Waals surface area contributed by atoms with Gasteiger partial charge in [0.1, 0.15) is 5.01 Å². The molecule has 0 unspecified atom stereocenters. The number of hydrogen-bond acceptors (Lipinski definition) is 3. The topological polar surface area (TPSA) is 24.9 Å². The summed E-state index contributed by atoms with van der Waals surface area (Å²) < 4.78 is 2.12. The molecule has 2 aromatic rings. The first-order chi connectivity index (χ1) is 7.65. The highest BCUT2D eigenvalue weighted by molar-refractivity contribution is 9.11. The molecule has 0 aliphatic rings. The fourth-order valence-corrected chi connectivity index (χ4v) is 2.75. The van der Waals surface area contributed by atoms with Gasteiger partial charge in [0.05, 0.1) is 6.54 Å². The number of hydrogen-bond donors (Lipinski definition) is 1. The smallest absolute Gasteiger partial charge is 0.112 e. The van der Waals surface area contributed by atoms with Crippen LogP contribution < -0.4 is 5.32 Å². The van der Waals surface area contributed by atoms with Gasteiger partial charge in [-0.25, -0.2) is 4.98 Å². The molecule has 0 bridgehead atoms. The monoisotopic (exact) mass is 360 g/mol. The van der Waals surface area contributed by atoms with E-state index in [1.165, 1.54) is 0 Å². The van der Waals surface area contributed by atoms with Crippen LogP contribution in [0, 0.1) is 6.92 Å². The highest BCUT2D eigenvalue weighted by Crippen LogP contribution is 2.26. The average Bonchev–Trinajstić information content (AvgIpc) is 2.66. The molecule has 0 amide bonds. The van der Waals surface area contributed by atoms with Crippen LogP contribution in [0.15, 0.2) is 32.5 Å². The van der Waals surface area contributed by atoms with E-state index in [9.17, 15) is 0 Å². The van der Waals surface area contributed by atoms with Crippen LogP contribution in [0.4, 0.5) is 5.69 Å². The minimum Gasteiger partial charge on any atom is -0.378 e. The van der Waals surface area contributed by atoms with Crippen molar-refractivity contribution >= 4 is 48.9 Å². The molecular weight excluding hydrogens is 352 g/mol. The Morgan fingerprint density at radius 3 is 2.88 bits per heavy atom. The maximum Gasteiger partial charge on any atom is 0.112 e. The van der Waals surface area contributed by atoms with Crippen molar-refractivity contribution in [1.82, 2.24) is 4.98 Å². The van der Waals surface area contributed by atoms with Gasteiger partial charge >= 0.3 is 0 Å². The Kier molecular flexibility index (Phi) is 4.00. The van der Waals surface area contributed by atoms with Gasteiger partial charge in [-0.2, -0.15) is 0 Å². The van der Waals surface area contributed by atoms with Crippen molar-refractivity contribution in [2.45, 2.75) is 13.5 Å². The number of halogens is 2. The molecule has 0 spiro atoms. The van der Waals surface area contributed by atoms with Crippen LogP contribution in [-0.4, -0.2) is 4.98 Å². The van der Waals surface area contributed by atoms with E-state index < -0.39 is 0 Å². The van der Waals surface area contributed by atoms with Crippen molar-refractivity contribution in [3.8, 4) is 0 Å². The van der Waals surface area contributed by atoms with E-state index in [1.807, 2.05) is 25.1 Å². The maximum absolute atomic E-state index is 4.41. The van der Waals surface area contributed by atoms with E-state index in [0.29, 0.717) is 0 Å². The number of thiazole rings is 1. The molecule has 5 heteroatoms. The molecule has 1 heterocycles. The van der Waals surface area contributed by atoms with Gasteiger partial charge in [-0.15, -0.1) is 11.3 Å². The van der Waals surface area contributed by atoms with Crippen molar-refractivity contribution in [3.05, 3.63) is 43.2 Å². The van der Waals surface area contributed by atoms with Crippen molar-refractivity contribution in [1.29, 1.82) is 0 Å². The Morgan fingerprint density at radius 2 is 2.19 bits per heavy atom. The molecule has 0 fully saturated rings. The quantitative estimate of drug-likeness (QED) is 0.864. The third kappa shape index (κ3) is 3.06. The third-order valence-electron chi connectivity index (χ3n) is 2.03. The molecule has 1 aromatic carbocycles. The molecule has 0 saturated heterocycles. The molecule has 0 aliphatic heterocycles. The first-order valence-corrected chi connectivity index (χ1v) is 7.21. The molecule has 16 heavy (non-hydrogen) atoms. The molecule has 0 aliphatic carbocycles. The number of rotatable bonds is 3. The normalized spacial score (nSPS) is 10.4. The van der Waals surface area contributed by atoms with Crippen LogP contribution in [-0.2, 0) is 6.54 Å². The van der Waals surface area contributed by atoms with E-state index in [-0.39, 0.29) is 0 Å². The number of aromatic nitrogens is 1. The zero-order valence-electron chi connectivity index (χ0n) is 8.63. The summed E-state index contributed by atoms with van der Waals surface area (Å²) in [6.45, 7) is 2.77. The number of nitrogens with zero attached hydrogens (tertiary/aromatic N) is 1. The van der Waals surface area contributed by atoms with Crippen LogP contribution in [0.1, 0.15) is 10.7 Å². The minimum atomic E-state index is 0.758. The summed E-state index contributed by atoms with van der Waals surface area (Å²) in [5, 5.41) is 6.52. The fourth-order valence-electron chi connectivity index (χ4n) is 1.29. The van der Waals surface area contributed by atoms with Crippen LogP contribution in [0.3, 0.4) is 0 Å². The van der Waals surface area contributed by atoms with Crippen molar-refractivity contribution in [2.75, 3.05) is 5.32 Å². The maximum atomic E-state index is 4.41. The largest absolute Gasteiger partial charge is 0.378 e. The van der Waals surface area contributed by atoms with E-state index in [4.69, 9.17) is 0 Å². The van der Waals surface area contributed by atoms with Gasteiger partial charge in [0.15, 0.2) is 0 Å². The molecule has 0 atom stereocenters. The first-order valence-electron chi connectivity index (χ1n) is 4.75. The number of aryl methyl sites for hydroxylation is 1. The van der Waals surface area contributed by atoms with E-state index in [2.05, 4.69) is 47.5 Å². The summed E-state index contributed by atoms with van der Waals surface area (Å²) in [5.41, 5.74) is 2.15. The van der Waals surface area contributed by atoms with Gasteiger partial charge in [0.2, 0.25) is 0 Å². The van der Waals surface area contributed by atoms with Crippen LogP contribution in [0.5, 0.6) is 0 Å². The molecule has 0 radical (unpaired) electrons. The molecule has 84 valence electrons. The lowest BCUT2D eigenvalue weighted by Gasteiger charge is -2.07. The number of anilines is 1. The highest BCUT2D eigenvalue weighted by Gasteiger charge is 2.02. The third-order valence-corrected chi connectivity index (χ3v) is 4.18. The second-order valence-electron chi connectivity index (χ2n) is 3.36. The van der Waals surface area contributed by atoms with Gasteiger partial charge in [-0.1, -0.05) is 15.9 Å². The first kappa shape index (κ1) is 12.1. The van der Waals surface area contributed by atoms with E-state index >= 15 is 0 Å². The molecule has 2 nitrogen and oxygen atoms in total. The van der Waals surface area contributed by atoms with Crippen molar-refractivity contribution in [3.63, 3.8) is 0 Å². The number of benzene rings is 1. The highest BCUT2D eigenvalue weighted by atomic mass is 79.9. The predicted octanol–water partition coefficient (Wildman–Crippen LogP) is 4.59. The van der Waals surface area contributed by atoms with Gasteiger partial charge < -0.3 is 5.32 Å². The standard InChI is InChI=1S/C11H10Br2N2S/c1-7-6-16-11(15-7)5-14-10-4-8(12)2-3-9(10)13/h2-4,6,14H,5H2,1H3. The Morgan fingerprint density at radius 1 is 1.38 bits per heavy atom. The van der Waals surface area contributed by atoms with Crippen LogP contribution in [0.2, 0.25) is 0 Å². The van der Waals surface area contributed by atoms with E-state index in [1.54, 1.807) is 11.3 Å². The van der Waals surface area contributed by atoms with Crippen LogP contribution >= 0.6 is 43.2 Å². The van der Waals surface area contributed by atoms with Gasteiger partial charge in [0.25, 0.3) is 0 Å². The molecule has 0 saturated carbocycles. The Bertz CT molecular complexity index is 496. The van der Waals surface area contributed by atoms with Gasteiger partial charge in [-0.3, -0.25) is 0 Å². The minimum absolute atomic E-state index is 0.758. The van der Waals surface area contributed by atoms with Gasteiger partial charge in [0, 0.05) is 25.7 Å². The summed E-state index contributed by atoms with van der Waals surface area (Å²) in [7, 11) is 0. The summed E-state index contributed by atoms with van der Waals surface area (Å²) in [5.74, 6) is 0.